The molecule has 34 heavy (non-hydrogen) atoms. The molecular weight excluding hydrogens is 457 g/mol. The lowest BCUT2D eigenvalue weighted by atomic mass is 10.2. The van der Waals surface area contributed by atoms with Crippen LogP contribution < -0.4 is 10.2 Å². The Morgan fingerprint density at radius 3 is 2.50 bits per heavy atom. The van der Waals surface area contributed by atoms with Gasteiger partial charge in [0.15, 0.2) is 0 Å². The molecule has 0 aliphatic carbocycles. The molecule has 0 saturated carbocycles. The number of rotatable bonds is 5. The molecule has 1 atom stereocenters. The maximum Gasteiger partial charge on any atom is 0.325 e. The Kier molecular flexibility index (Phi) is 10.2. The maximum atomic E-state index is 13.7. The number of anilines is 2. The first kappa shape index (κ1) is 27.0. The van der Waals surface area contributed by atoms with Gasteiger partial charge >= 0.3 is 6.03 Å². The summed E-state index contributed by atoms with van der Waals surface area (Å²) in [5.41, 5.74) is 1.35. The summed E-state index contributed by atoms with van der Waals surface area (Å²) >= 11 is 5.74. The molecule has 0 spiro atoms. The summed E-state index contributed by atoms with van der Waals surface area (Å²) < 4.78 is 15.4. The minimum atomic E-state index is -0.488. The van der Waals surface area contributed by atoms with Crippen molar-refractivity contribution in [3.05, 3.63) is 59.5 Å². The summed E-state index contributed by atoms with van der Waals surface area (Å²) in [5.74, 6) is 0.452. The standard InChI is InChI=1S/C19H19ClFN7O.C3H8.C2H6/c1-12(16-10-27(11-23-16)13-3-4-14(20)15(21)9-13)24-18-22-6-5-17(25-18)28-8-7-26(2)19(28)29;1-3-2;1-2/h3-6,9-12H,7-8H2,1-2H3,(H,22,24,25);3H2,1-2H3;1-2H3. The van der Waals surface area contributed by atoms with E-state index in [1.807, 2.05) is 20.8 Å². The zero-order valence-electron chi connectivity index (χ0n) is 20.6. The number of aromatic nitrogens is 4. The number of halogens is 2. The summed E-state index contributed by atoms with van der Waals surface area (Å²) in [4.78, 5) is 28.5. The Morgan fingerprint density at radius 1 is 1.18 bits per heavy atom. The van der Waals surface area contributed by atoms with Crippen molar-refractivity contribution in [2.45, 2.75) is 47.1 Å². The topological polar surface area (TPSA) is 79.2 Å². The van der Waals surface area contributed by atoms with Crippen molar-refractivity contribution < 1.29 is 9.18 Å². The van der Waals surface area contributed by atoms with Gasteiger partial charge in [-0.15, -0.1) is 0 Å². The van der Waals surface area contributed by atoms with Crippen molar-refractivity contribution >= 4 is 29.4 Å². The van der Waals surface area contributed by atoms with Crippen molar-refractivity contribution in [3.8, 4) is 5.69 Å². The highest BCUT2D eigenvalue weighted by Crippen LogP contribution is 2.22. The van der Waals surface area contributed by atoms with Gasteiger partial charge in [0.1, 0.15) is 11.6 Å². The van der Waals surface area contributed by atoms with Crippen LogP contribution >= 0.6 is 11.6 Å². The lowest BCUT2D eigenvalue weighted by Gasteiger charge is -2.17. The monoisotopic (exact) mass is 489 g/mol. The highest BCUT2D eigenvalue weighted by atomic mass is 35.5. The fraction of sp³-hybridized carbons (Fsp3) is 0.417. The Bertz CT molecular complexity index is 1070. The number of hydrogen-bond acceptors (Lipinski definition) is 5. The molecule has 1 aromatic carbocycles. The van der Waals surface area contributed by atoms with E-state index < -0.39 is 5.82 Å². The number of nitrogens with one attached hydrogen (secondary N) is 1. The number of benzene rings is 1. The smallest absolute Gasteiger partial charge is 0.325 e. The van der Waals surface area contributed by atoms with Gasteiger partial charge in [-0.25, -0.2) is 19.2 Å². The number of likely N-dealkylation sites (N-methyl/N-ethyl adjacent to an activating group) is 1. The molecule has 1 unspecified atom stereocenters. The van der Waals surface area contributed by atoms with Gasteiger partial charge in [0.25, 0.3) is 0 Å². The Hall–Kier alpha value is -3.20. The molecule has 2 aromatic heterocycles. The van der Waals surface area contributed by atoms with Crippen molar-refractivity contribution in [1.82, 2.24) is 24.4 Å². The average molecular weight is 490 g/mol. The molecule has 10 heteroatoms. The molecule has 3 heterocycles. The Balaban J connectivity index is 0.000000758. The second-order valence-corrected chi connectivity index (χ2v) is 7.88. The summed E-state index contributed by atoms with van der Waals surface area (Å²) in [5, 5.41) is 3.26. The zero-order valence-corrected chi connectivity index (χ0v) is 21.3. The molecule has 4 rings (SSSR count). The Labute approximate surface area is 205 Å². The molecule has 1 aliphatic heterocycles. The fourth-order valence-corrected chi connectivity index (χ4v) is 3.16. The van der Waals surface area contributed by atoms with Crippen LogP contribution in [-0.2, 0) is 0 Å². The maximum absolute atomic E-state index is 13.7. The van der Waals surface area contributed by atoms with Crippen molar-refractivity contribution in [3.63, 3.8) is 0 Å². The predicted octanol–water partition coefficient (Wildman–Crippen LogP) is 5.94. The highest BCUT2D eigenvalue weighted by molar-refractivity contribution is 6.30. The third kappa shape index (κ3) is 6.66. The molecular formula is C24H33ClFN7O. The lowest BCUT2D eigenvalue weighted by Crippen LogP contribution is -2.30. The third-order valence-electron chi connectivity index (χ3n) is 4.73. The normalized spacial score (nSPS) is 13.6. The number of hydrogen-bond donors (Lipinski definition) is 1. The van der Waals surface area contributed by atoms with E-state index >= 15 is 0 Å². The van der Waals surface area contributed by atoms with E-state index in [-0.39, 0.29) is 17.1 Å². The van der Waals surface area contributed by atoms with Gasteiger partial charge < -0.3 is 14.8 Å². The summed E-state index contributed by atoms with van der Waals surface area (Å²) in [6.45, 7) is 11.4. The molecule has 1 saturated heterocycles. The van der Waals surface area contributed by atoms with Gasteiger partial charge in [-0.1, -0.05) is 45.7 Å². The molecule has 2 amide bonds. The van der Waals surface area contributed by atoms with Gasteiger partial charge in [-0.2, -0.15) is 4.98 Å². The first-order chi connectivity index (χ1) is 16.3. The van der Waals surface area contributed by atoms with Crippen LogP contribution in [0.2, 0.25) is 5.02 Å². The summed E-state index contributed by atoms with van der Waals surface area (Å²) in [6.07, 6.45) is 6.26. The number of carbonyl (C=O) groups is 1. The van der Waals surface area contributed by atoms with Gasteiger partial charge in [-0.05, 0) is 31.2 Å². The van der Waals surface area contributed by atoms with Gasteiger partial charge in [0.2, 0.25) is 5.95 Å². The molecule has 0 bridgehead atoms. The molecule has 1 aliphatic rings. The largest absolute Gasteiger partial charge is 0.346 e. The predicted molar refractivity (Wildman–Crippen MR) is 135 cm³/mol. The number of nitrogens with zero attached hydrogens (tertiary/aromatic N) is 6. The van der Waals surface area contributed by atoms with Gasteiger partial charge in [-0.3, -0.25) is 4.90 Å². The number of carbonyl (C=O) groups excluding carboxylic acids is 1. The molecule has 1 fully saturated rings. The highest BCUT2D eigenvalue weighted by Gasteiger charge is 2.27. The minimum absolute atomic E-state index is 0.0730. The van der Waals surface area contributed by atoms with Crippen LogP contribution in [0.4, 0.5) is 21.0 Å². The van der Waals surface area contributed by atoms with Gasteiger partial charge in [0, 0.05) is 38.2 Å². The first-order valence-corrected chi connectivity index (χ1v) is 11.8. The van der Waals surface area contributed by atoms with Crippen LogP contribution in [0.15, 0.2) is 43.0 Å². The zero-order chi connectivity index (χ0) is 25.3. The van der Waals surface area contributed by atoms with Crippen LogP contribution in [0.25, 0.3) is 5.69 Å². The second-order valence-electron chi connectivity index (χ2n) is 7.47. The second kappa shape index (κ2) is 12.9. The van der Waals surface area contributed by atoms with E-state index in [0.717, 1.165) is 5.69 Å². The van der Waals surface area contributed by atoms with Crippen molar-refractivity contribution in [2.24, 2.45) is 0 Å². The molecule has 184 valence electrons. The van der Waals surface area contributed by atoms with Crippen LogP contribution in [0.5, 0.6) is 0 Å². The van der Waals surface area contributed by atoms with Crippen molar-refractivity contribution in [2.75, 3.05) is 30.4 Å². The lowest BCUT2D eigenvalue weighted by molar-refractivity contribution is 0.229. The SMILES string of the molecule is CC.CC(Nc1nccc(N2CCN(C)C2=O)n1)c1cn(-c2ccc(Cl)c(F)c2)cn1.CCC. The fourth-order valence-electron chi connectivity index (χ4n) is 3.05. The summed E-state index contributed by atoms with van der Waals surface area (Å²) in [6, 6.07) is 5.98. The van der Waals surface area contributed by atoms with E-state index in [1.54, 1.807) is 52.3 Å². The van der Waals surface area contributed by atoms with Gasteiger partial charge in [0.05, 0.1) is 23.1 Å². The molecule has 1 N–H and O–H groups in total. The van der Waals surface area contributed by atoms with E-state index in [2.05, 4.69) is 34.1 Å². The number of urea groups is 1. The molecule has 8 nitrogen and oxygen atoms in total. The van der Waals surface area contributed by atoms with E-state index in [4.69, 9.17) is 11.6 Å². The Morgan fingerprint density at radius 2 is 1.88 bits per heavy atom. The quantitative estimate of drug-likeness (QED) is 0.479. The number of amides is 2. The number of imidazole rings is 1. The third-order valence-corrected chi connectivity index (χ3v) is 5.03. The summed E-state index contributed by atoms with van der Waals surface area (Å²) in [7, 11) is 1.76. The van der Waals surface area contributed by atoms with E-state index in [9.17, 15) is 9.18 Å². The van der Waals surface area contributed by atoms with Crippen molar-refractivity contribution in [1.29, 1.82) is 0 Å². The van der Waals surface area contributed by atoms with Crippen LogP contribution in [0.1, 0.15) is 52.8 Å². The minimum Gasteiger partial charge on any atom is -0.346 e. The molecule has 0 radical (unpaired) electrons. The van der Waals surface area contributed by atoms with E-state index in [1.165, 1.54) is 18.6 Å². The van der Waals surface area contributed by atoms with Crippen LogP contribution in [0.3, 0.4) is 0 Å². The first-order valence-electron chi connectivity index (χ1n) is 11.5. The van der Waals surface area contributed by atoms with Crippen LogP contribution in [-0.4, -0.2) is 50.6 Å². The molecule has 3 aromatic rings. The van der Waals surface area contributed by atoms with E-state index in [0.29, 0.717) is 30.5 Å². The van der Waals surface area contributed by atoms with Crippen LogP contribution in [0, 0.1) is 5.82 Å². The average Bonchev–Trinajstić information content (AvgIpc) is 3.45.